The van der Waals surface area contributed by atoms with E-state index in [2.05, 4.69) is 60.1 Å². The Morgan fingerprint density at radius 3 is 1.60 bits per heavy atom. The summed E-state index contributed by atoms with van der Waals surface area (Å²) in [5.41, 5.74) is 3.65. The summed E-state index contributed by atoms with van der Waals surface area (Å²) in [6.45, 7) is 2.11. The minimum atomic E-state index is -3.01. The Balaban J connectivity index is 1.70. The van der Waals surface area contributed by atoms with E-state index in [-0.39, 0.29) is 12.1 Å². The molecule has 1 heterocycles. The van der Waals surface area contributed by atoms with Crippen molar-refractivity contribution < 1.29 is 4.57 Å². The van der Waals surface area contributed by atoms with E-state index in [1.54, 1.807) is 0 Å². The van der Waals surface area contributed by atoms with Crippen molar-refractivity contribution in [3.8, 4) is 0 Å². The fourth-order valence-electron chi connectivity index (χ4n) is 4.42. The highest BCUT2D eigenvalue weighted by Crippen LogP contribution is 2.70. The molecule has 3 heteroatoms. The van der Waals surface area contributed by atoms with Gasteiger partial charge in [-0.1, -0.05) is 96.6 Å². The van der Waals surface area contributed by atoms with Gasteiger partial charge in [0.2, 0.25) is 7.29 Å². The van der Waals surface area contributed by atoms with Crippen LogP contribution in [0.3, 0.4) is 0 Å². The summed E-state index contributed by atoms with van der Waals surface area (Å²) < 4.78 is 17.2. The van der Waals surface area contributed by atoms with E-state index in [1.807, 2.05) is 66.7 Å². The average Bonchev–Trinajstić information content (AvgIpc) is 3.57. The molecule has 30 heavy (non-hydrogen) atoms. The third-order valence-electron chi connectivity index (χ3n) is 5.84. The fraction of sp³-hybridized carbons (Fsp3) is 0.111. The smallest absolute Gasteiger partial charge is 0.208 e. The summed E-state index contributed by atoms with van der Waals surface area (Å²) in [5.74, 6) is 0. The van der Waals surface area contributed by atoms with Gasteiger partial charge in [-0.15, -0.1) is 0 Å². The number of hydrogen-bond acceptors (Lipinski definition) is 1. The van der Waals surface area contributed by atoms with Gasteiger partial charge in [-0.05, 0) is 42.3 Å². The highest BCUT2D eigenvalue weighted by Gasteiger charge is 2.59. The van der Waals surface area contributed by atoms with Crippen LogP contribution in [-0.2, 0) is 4.57 Å². The first-order valence-electron chi connectivity index (χ1n) is 10.3. The van der Waals surface area contributed by atoms with Gasteiger partial charge in [0, 0.05) is 10.6 Å². The monoisotopic (exact) mass is 409 g/mol. The quantitative estimate of drug-likeness (QED) is 0.297. The van der Waals surface area contributed by atoms with Gasteiger partial charge in [0.15, 0.2) is 0 Å². The summed E-state index contributed by atoms with van der Waals surface area (Å²) in [6.07, 6.45) is 0. The molecular formula is C27H24NOP. The van der Waals surface area contributed by atoms with Crippen molar-refractivity contribution in [1.29, 1.82) is 0 Å². The van der Waals surface area contributed by atoms with Crippen LogP contribution in [0.2, 0.25) is 0 Å². The van der Waals surface area contributed by atoms with Gasteiger partial charge in [-0.25, -0.2) is 4.67 Å². The highest BCUT2D eigenvalue weighted by molar-refractivity contribution is 7.76. The molecule has 2 nitrogen and oxygen atoms in total. The molecule has 0 amide bonds. The molecule has 0 bridgehead atoms. The number of aryl methyl sites for hydroxylation is 1. The lowest BCUT2D eigenvalue weighted by atomic mass is 10.0. The lowest BCUT2D eigenvalue weighted by Crippen LogP contribution is -2.22. The Morgan fingerprint density at radius 2 is 1.07 bits per heavy atom. The molecule has 0 aliphatic carbocycles. The molecule has 4 aromatic carbocycles. The van der Waals surface area contributed by atoms with Crippen LogP contribution in [0, 0.1) is 6.92 Å². The van der Waals surface area contributed by atoms with Crippen LogP contribution in [0.25, 0.3) is 0 Å². The van der Waals surface area contributed by atoms with Crippen molar-refractivity contribution >= 4 is 17.9 Å². The second-order valence-corrected chi connectivity index (χ2v) is 10.5. The standard InChI is InChI=1S/C27H24NOP/c1-21-12-11-15-23(20-21)27-26(22-13-5-2-6-14-22)28(27)30(29,24-16-7-3-8-17-24)25-18-9-4-10-19-25/h2-20,26-27H,1H3. The first-order chi connectivity index (χ1) is 14.7. The topological polar surface area (TPSA) is 20.1 Å². The summed E-state index contributed by atoms with van der Waals surface area (Å²) in [4.78, 5) is 0. The van der Waals surface area contributed by atoms with E-state index in [0.717, 1.165) is 10.6 Å². The van der Waals surface area contributed by atoms with Crippen molar-refractivity contribution in [3.05, 3.63) is 132 Å². The maximum atomic E-state index is 15.0. The second-order valence-electron chi connectivity index (χ2n) is 7.84. The third-order valence-corrected chi connectivity index (χ3v) is 8.99. The van der Waals surface area contributed by atoms with Crippen LogP contribution >= 0.6 is 7.29 Å². The van der Waals surface area contributed by atoms with E-state index >= 15 is 0 Å². The summed E-state index contributed by atoms with van der Waals surface area (Å²) in [5, 5.41) is 1.76. The maximum absolute atomic E-state index is 15.0. The van der Waals surface area contributed by atoms with Crippen LogP contribution in [0.1, 0.15) is 28.8 Å². The van der Waals surface area contributed by atoms with Gasteiger partial charge in [0.25, 0.3) is 0 Å². The SMILES string of the molecule is Cc1cccc(C2C(c3ccccc3)N2P(=O)(c2ccccc2)c2ccccc2)c1. The van der Waals surface area contributed by atoms with Gasteiger partial charge in [0.1, 0.15) is 0 Å². The van der Waals surface area contributed by atoms with Gasteiger partial charge >= 0.3 is 0 Å². The molecule has 1 saturated heterocycles. The number of rotatable bonds is 5. The third kappa shape index (κ3) is 3.23. The first kappa shape index (κ1) is 19.1. The lowest BCUT2D eigenvalue weighted by molar-refractivity contribution is 0.554. The van der Waals surface area contributed by atoms with Crippen LogP contribution in [0.5, 0.6) is 0 Å². The summed E-state index contributed by atoms with van der Waals surface area (Å²) >= 11 is 0. The highest BCUT2D eigenvalue weighted by atomic mass is 31.2. The Hall–Kier alpha value is -2.93. The van der Waals surface area contributed by atoms with E-state index in [9.17, 15) is 4.57 Å². The molecule has 5 rings (SSSR count). The van der Waals surface area contributed by atoms with Crippen molar-refractivity contribution in [2.45, 2.75) is 19.0 Å². The van der Waals surface area contributed by atoms with E-state index in [4.69, 9.17) is 0 Å². The molecule has 148 valence electrons. The molecule has 4 aromatic rings. The Kier molecular flexibility index (Phi) is 4.90. The molecule has 1 aliphatic heterocycles. The maximum Gasteiger partial charge on any atom is 0.208 e. The minimum Gasteiger partial charge on any atom is -0.296 e. The van der Waals surface area contributed by atoms with E-state index < -0.39 is 7.29 Å². The molecule has 1 aliphatic rings. The molecule has 3 atom stereocenters. The Bertz CT molecular complexity index is 1150. The summed E-state index contributed by atoms with van der Waals surface area (Å²) in [7, 11) is -3.01. The molecule has 0 radical (unpaired) electrons. The largest absolute Gasteiger partial charge is 0.296 e. The van der Waals surface area contributed by atoms with Gasteiger partial charge < -0.3 is 0 Å². The van der Waals surface area contributed by atoms with Gasteiger partial charge in [0.05, 0.1) is 12.1 Å². The van der Waals surface area contributed by atoms with E-state index in [0.29, 0.717) is 0 Å². The van der Waals surface area contributed by atoms with Crippen molar-refractivity contribution in [2.75, 3.05) is 0 Å². The lowest BCUT2D eigenvalue weighted by Gasteiger charge is -2.22. The van der Waals surface area contributed by atoms with Crippen LogP contribution in [0.4, 0.5) is 0 Å². The van der Waals surface area contributed by atoms with Crippen LogP contribution < -0.4 is 10.6 Å². The molecule has 1 fully saturated rings. The molecular weight excluding hydrogens is 385 g/mol. The van der Waals surface area contributed by atoms with Crippen molar-refractivity contribution in [3.63, 3.8) is 0 Å². The van der Waals surface area contributed by atoms with E-state index in [1.165, 1.54) is 16.7 Å². The number of nitrogens with zero attached hydrogens (tertiary/aromatic N) is 1. The van der Waals surface area contributed by atoms with Crippen molar-refractivity contribution in [2.24, 2.45) is 0 Å². The minimum absolute atomic E-state index is 0.0820. The van der Waals surface area contributed by atoms with Crippen LogP contribution in [0.15, 0.2) is 115 Å². The van der Waals surface area contributed by atoms with Crippen molar-refractivity contribution in [1.82, 2.24) is 4.67 Å². The normalized spacial score (nSPS) is 20.6. The van der Waals surface area contributed by atoms with Gasteiger partial charge in [-0.3, -0.25) is 4.57 Å². The second kappa shape index (κ2) is 7.72. The molecule has 0 N–H and O–H groups in total. The molecule has 0 spiro atoms. The molecule has 3 unspecified atom stereocenters. The first-order valence-corrected chi connectivity index (χ1v) is 12.0. The Morgan fingerprint density at radius 1 is 0.600 bits per heavy atom. The zero-order valence-electron chi connectivity index (χ0n) is 16.9. The fourth-order valence-corrected chi connectivity index (χ4v) is 7.56. The number of hydrogen-bond donors (Lipinski definition) is 0. The average molecular weight is 409 g/mol. The predicted octanol–water partition coefficient (Wildman–Crippen LogP) is 6.02. The van der Waals surface area contributed by atoms with Gasteiger partial charge in [-0.2, -0.15) is 0 Å². The Labute approximate surface area is 178 Å². The zero-order chi connectivity index (χ0) is 20.6. The zero-order valence-corrected chi connectivity index (χ0v) is 17.8. The predicted molar refractivity (Wildman–Crippen MR) is 125 cm³/mol. The number of benzene rings is 4. The molecule has 0 saturated carbocycles. The molecule has 0 aromatic heterocycles. The summed E-state index contributed by atoms with van der Waals surface area (Å²) in [6, 6.07) is 39.1. The van der Waals surface area contributed by atoms with Crippen LogP contribution in [-0.4, -0.2) is 4.67 Å².